The first-order valence-electron chi connectivity index (χ1n) is 7.25. The molecule has 0 fully saturated rings. The first-order chi connectivity index (χ1) is 9.13. The van der Waals surface area contributed by atoms with Crippen LogP contribution in [0.25, 0.3) is 0 Å². The molecule has 0 saturated heterocycles. The van der Waals surface area contributed by atoms with E-state index in [1.807, 2.05) is 6.07 Å². The number of ether oxygens (including phenoxy) is 1. The minimum atomic E-state index is -0.264. The average Bonchev–Trinajstić information content (AvgIpc) is 2.36. The van der Waals surface area contributed by atoms with Gasteiger partial charge in [-0.25, -0.2) is 4.39 Å². The standard InChI is InChI=1S/C16H26FNO/c1-4-5-6-9-19-16-8-7-14(10-15(16)17)12-18-11-13(2)3/h7-8,10,13,18H,4-6,9,11-12H2,1-3H3. The lowest BCUT2D eigenvalue weighted by Crippen LogP contribution is -2.19. The highest BCUT2D eigenvalue weighted by atomic mass is 19.1. The zero-order chi connectivity index (χ0) is 14.1. The summed E-state index contributed by atoms with van der Waals surface area (Å²) in [4.78, 5) is 0. The van der Waals surface area contributed by atoms with Gasteiger partial charge in [0.2, 0.25) is 0 Å². The Morgan fingerprint density at radius 1 is 1.26 bits per heavy atom. The lowest BCUT2D eigenvalue weighted by molar-refractivity contribution is 0.291. The van der Waals surface area contributed by atoms with E-state index >= 15 is 0 Å². The number of hydrogen-bond donors (Lipinski definition) is 1. The van der Waals surface area contributed by atoms with Gasteiger partial charge in [-0.05, 0) is 36.6 Å². The van der Waals surface area contributed by atoms with Gasteiger partial charge in [-0.2, -0.15) is 0 Å². The van der Waals surface area contributed by atoms with E-state index in [2.05, 4.69) is 26.1 Å². The fourth-order valence-electron chi connectivity index (χ4n) is 1.81. The summed E-state index contributed by atoms with van der Waals surface area (Å²) >= 11 is 0. The molecule has 0 aliphatic carbocycles. The minimum Gasteiger partial charge on any atom is -0.491 e. The molecule has 3 heteroatoms. The second-order valence-corrected chi connectivity index (χ2v) is 5.35. The van der Waals surface area contributed by atoms with Crippen LogP contribution in [0.2, 0.25) is 0 Å². The smallest absolute Gasteiger partial charge is 0.165 e. The highest BCUT2D eigenvalue weighted by Gasteiger charge is 2.05. The Kier molecular flexibility index (Phi) is 7.49. The molecule has 0 radical (unpaired) electrons. The van der Waals surface area contributed by atoms with Crippen molar-refractivity contribution in [3.63, 3.8) is 0 Å². The van der Waals surface area contributed by atoms with E-state index in [9.17, 15) is 4.39 Å². The molecular weight excluding hydrogens is 241 g/mol. The zero-order valence-electron chi connectivity index (χ0n) is 12.3. The third-order valence-corrected chi connectivity index (χ3v) is 2.88. The van der Waals surface area contributed by atoms with Crippen LogP contribution in [-0.4, -0.2) is 13.2 Å². The van der Waals surface area contributed by atoms with E-state index in [1.54, 1.807) is 12.1 Å². The maximum absolute atomic E-state index is 13.8. The van der Waals surface area contributed by atoms with Crippen LogP contribution in [0.15, 0.2) is 18.2 Å². The van der Waals surface area contributed by atoms with Gasteiger partial charge < -0.3 is 10.1 Å². The van der Waals surface area contributed by atoms with Crippen LogP contribution in [0.5, 0.6) is 5.75 Å². The molecule has 1 N–H and O–H groups in total. The number of nitrogens with one attached hydrogen (secondary N) is 1. The summed E-state index contributed by atoms with van der Waals surface area (Å²) < 4.78 is 19.2. The van der Waals surface area contributed by atoms with Gasteiger partial charge in [0.15, 0.2) is 11.6 Å². The van der Waals surface area contributed by atoms with Crippen molar-refractivity contribution < 1.29 is 9.13 Å². The van der Waals surface area contributed by atoms with Crippen molar-refractivity contribution in [2.75, 3.05) is 13.2 Å². The molecule has 19 heavy (non-hydrogen) atoms. The zero-order valence-corrected chi connectivity index (χ0v) is 12.3. The Bertz CT molecular complexity index is 366. The summed E-state index contributed by atoms with van der Waals surface area (Å²) in [5.41, 5.74) is 0.957. The van der Waals surface area contributed by atoms with Gasteiger partial charge in [0.1, 0.15) is 0 Å². The fourth-order valence-corrected chi connectivity index (χ4v) is 1.81. The summed E-state index contributed by atoms with van der Waals surface area (Å²) in [7, 11) is 0. The Balaban J connectivity index is 2.40. The monoisotopic (exact) mass is 267 g/mol. The van der Waals surface area contributed by atoms with Crippen molar-refractivity contribution in [1.29, 1.82) is 0 Å². The Morgan fingerprint density at radius 3 is 2.68 bits per heavy atom. The average molecular weight is 267 g/mol. The summed E-state index contributed by atoms with van der Waals surface area (Å²) in [6.45, 7) is 8.68. The molecule has 108 valence electrons. The SMILES string of the molecule is CCCCCOc1ccc(CNCC(C)C)cc1F. The van der Waals surface area contributed by atoms with Crippen molar-refractivity contribution in [2.45, 2.75) is 46.6 Å². The van der Waals surface area contributed by atoms with Crippen LogP contribution in [0, 0.1) is 11.7 Å². The Morgan fingerprint density at radius 2 is 2.05 bits per heavy atom. The van der Waals surface area contributed by atoms with E-state index in [0.29, 0.717) is 24.8 Å². The van der Waals surface area contributed by atoms with Crippen LogP contribution in [0.1, 0.15) is 45.6 Å². The van der Waals surface area contributed by atoms with Crippen LogP contribution in [0.4, 0.5) is 4.39 Å². The number of rotatable bonds is 9. The molecule has 0 heterocycles. The molecule has 1 rings (SSSR count). The van der Waals surface area contributed by atoms with Crippen LogP contribution in [0.3, 0.4) is 0 Å². The fraction of sp³-hybridized carbons (Fsp3) is 0.625. The normalized spacial score (nSPS) is 11.0. The number of halogens is 1. The molecule has 0 bridgehead atoms. The highest BCUT2D eigenvalue weighted by molar-refractivity contribution is 5.29. The van der Waals surface area contributed by atoms with E-state index in [0.717, 1.165) is 31.4 Å². The molecule has 0 aliphatic rings. The van der Waals surface area contributed by atoms with Crippen LogP contribution < -0.4 is 10.1 Å². The van der Waals surface area contributed by atoms with Gasteiger partial charge in [-0.3, -0.25) is 0 Å². The second-order valence-electron chi connectivity index (χ2n) is 5.35. The molecule has 1 aromatic carbocycles. The van der Waals surface area contributed by atoms with Crippen LogP contribution in [-0.2, 0) is 6.54 Å². The maximum atomic E-state index is 13.8. The van der Waals surface area contributed by atoms with Gasteiger partial charge in [0.05, 0.1) is 6.61 Å². The summed E-state index contributed by atoms with van der Waals surface area (Å²) in [6, 6.07) is 5.21. The predicted octanol–water partition coefficient (Wildman–Crippen LogP) is 4.14. The number of benzene rings is 1. The van der Waals surface area contributed by atoms with Crippen molar-refractivity contribution in [1.82, 2.24) is 5.32 Å². The third kappa shape index (κ3) is 6.58. The minimum absolute atomic E-state index is 0.264. The molecule has 0 unspecified atom stereocenters. The van der Waals surface area contributed by atoms with Crippen molar-refractivity contribution in [3.05, 3.63) is 29.6 Å². The van der Waals surface area contributed by atoms with E-state index in [4.69, 9.17) is 4.74 Å². The maximum Gasteiger partial charge on any atom is 0.165 e. The number of hydrogen-bond acceptors (Lipinski definition) is 2. The van der Waals surface area contributed by atoms with Gasteiger partial charge in [-0.1, -0.05) is 39.7 Å². The lowest BCUT2D eigenvalue weighted by atomic mass is 10.2. The summed E-state index contributed by atoms with van der Waals surface area (Å²) in [5.74, 6) is 0.704. The predicted molar refractivity (Wildman–Crippen MR) is 78.0 cm³/mol. The third-order valence-electron chi connectivity index (χ3n) is 2.88. The first-order valence-corrected chi connectivity index (χ1v) is 7.25. The quantitative estimate of drug-likeness (QED) is 0.679. The topological polar surface area (TPSA) is 21.3 Å². The van der Waals surface area contributed by atoms with Crippen molar-refractivity contribution in [3.8, 4) is 5.75 Å². The second kappa shape index (κ2) is 8.92. The first kappa shape index (κ1) is 16.0. The molecule has 0 aromatic heterocycles. The molecular formula is C16H26FNO. The largest absolute Gasteiger partial charge is 0.491 e. The Hall–Kier alpha value is -1.09. The van der Waals surface area contributed by atoms with Crippen molar-refractivity contribution in [2.24, 2.45) is 5.92 Å². The van der Waals surface area contributed by atoms with Gasteiger partial charge in [0, 0.05) is 6.54 Å². The molecule has 0 atom stereocenters. The molecule has 2 nitrogen and oxygen atoms in total. The van der Waals surface area contributed by atoms with E-state index in [1.165, 1.54) is 0 Å². The van der Waals surface area contributed by atoms with Crippen molar-refractivity contribution >= 4 is 0 Å². The summed E-state index contributed by atoms with van der Waals surface area (Å²) in [6.07, 6.45) is 3.25. The molecule has 0 saturated carbocycles. The van der Waals surface area contributed by atoms with Gasteiger partial charge in [-0.15, -0.1) is 0 Å². The van der Waals surface area contributed by atoms with Gasteiger partial charge >= 0.3 is 0 Å². The lowest BCUT2D eigenvalue weighted by Gasteiger charge is -2.10. The Labute approximate surface area is 116 Å². The molecule has 0 amide bonds. The molecule has 0 spiro atoms. The van der Waals surface area contributed by atoms with E-state index in [-0.39, 0.29) is 5.82 Å². The highest BCUT2D eigenvalue weighted by Crippen LogP contribution is 2.18. The van der Waals surface area contributed by atoms with Crippen LogP contribution >= 0.6 is 0 Å². The number of unbranched alkanes of at least 4 members (excludes halogenated alkanes) is 2. The molecule has 1 aromatic rings. The van der Waals surface area contributed by atoms with Gasteiger partial charge in [0.25, 0.3) is 0 Å². The summed E-state index contributed by atoms with van der Waals surface area (Å²) in [5, 5.41) is 3.30. The molecule has 0 aliphatic heterocycles. The van der Waals surface area contributed by atoms with E-state index < -0.39 is 0 Å².